The van der Waals surface area contributed by atoms with Gasteiger partial charge in [0, 0.05) is 24.4 Å². The van der Waals surface area contributed by atoms with Gasteiger partial charge in [0.15, 0.2) is 5.84 Å². The Balaban J connectivity index is 2.43. The van der Waals surface area contributed by atoms with Crippen LogP contribution in [-0.2, 0) is 17.1 Å². The van der Waals surface area contributed by atoms with Gasteiger partial charge in [-0.25, -0.2) is 9.38 Å². The van der Waals surface area contributed by atoms with Crippen LogP contribution in [0.1, 0.15) is 42.9 Å². The summed E-state index contributed by atoms with van der Waals surface area (Å²) in [6, 6.07) is 1.06. The largest absolute Gasteiger partial charge is 0.416 e. The van der Waals surface area contributed by atoms with Gasteiger partial charge in [-0.15, -0.1) is 0 Å². The molecule has 1 amide bonds. The van der Waals surface area contributed by atoms with Gasteiger partial charge in [0.2, 0.25) is 5.91 Å². The second kappa shape index (κ2) is 12.5. The third-order valence-corrected chi connectivity index (χ3v) is 5.05. The number of primary amides is 1. The summed E-state index contributed by atoms with van der Waals surface area (Å²) in [5.41, 5.74) is 2.57. The van der Waals surface area contributed by atoms with E-state index in [1.807, 2.05) is 6.08 Å². The number of nitrogens with two attached hydrogens (primary N) is 1. The Morgan fingerprint density at radius 2 is 1.65 bits per heavy atom. The van der Waals surface area contributed by atoms with E-state index in [1.54, 1.807) is 6.08 Å². The number of halogens is 7. The first-order chi connectivity index (χ1) is 17.2. The average Bonchev–Trinajstić information content (AvgIpc) is 2.90. The maximum absolute atomic E-state index is 14.1. The molecule has 37 heavy (non-hydrogen) atoms. The van der Waals surface area contributed by atoms with Gasteiger partial charge in [0.25, 0.3) is 0 Å². The van der Waals surface area contributed by atoms with Crippen LogP contribution >= 0.6 is 0 Å². The Bertz CT molecular complexity index is 1200. The van der Waals surface area contributed by atoms with Crippen LogP contribution < -0.4 is 5.73 Å². The van der Waals surface area contributed by atoms with Crippen LogP contribution in [0.5, 0.6) is 0 Å². The van der Waals surface area contributed by atoms with Gasteiger partial charge in [0.1, 0.15) is 5.83 Å². The molecule has 11 heteroatoms. The molecule has 0 aliphatic heterocycles. The average molecular weight is 527 g/mol. The fourth-order valence-corrected chi connectivity index (χ4v) is 3.20. The monoisotopic (exact) mass is 527 g/mol. The minimum absolute atomic E-state index is 0.00784. The zero-order chi connectivity index (χ0) is 27.8. The number of nitrogens with zero attached hydrogens (tertiary/aromatic N) is 2. The SMILES string of the molecule is CN=C(N=C\C(C)=C/C=C(C(N)=O)\C1=C\C=C/CCCC(F)=C1)c1cc(C(F)(F)F)cc(C(F)(F)F)c1. The summed E-state index contributed by atoms with van der Waals surface area (Å²) in [4.78, 5) is 19.6. The number of hydrogen-bond acceptors (Lipinski definition) is 2. The van der Waals surface area contributed by atoms with Gasteiger partial charge in [-0.1, -0.05) is 24.3 Å². The normalized spacial score (nSPS) is 19.0. The van der Waals surface area contributed by atoms with Crippen molar-refractivity contribution < 1.29 is 35.5 Å². The zero-order valence-corrected chi connectivity index (χ0v) is 19.9. The summed E-state index contributed by atoms with van der Waals surface area (Å²) in [6.45, 7) is 1.52. The lowest BCUT2D eigenvalue weighted by Crippen LogP contribution is -2.15. The highest BCUT2D eigenvalue weighted by Crippen LogP contribution is 2.36. The summed E-state index contributed by atoms with van der Waals surface area (Å²) in [7, 11) is 1.17. The molecule has 1 aliphatic carbocycles. The highest BCUT2D eigenvalue weighted by atomic mass is 19.4. The second-order valence-corrected chi connectivity index (χ2v) is 7.99. The van der Waals surface area contributed by atoms with Crippen LogP contribution in [0.2, 0.25) is 0 Å². The number of amidine groups is 1. The molecule has 1 aromatic rings. The van der Waals surface area contributed by atoms with Crippen molar-refractivity contribution >= 4 is 18.0 Å². The summed E-state index contributed by atoms with van der Waals surface area (Å²) in [6.07, 6.45) is 1.53. The van der Waals surface area contributed by atoms with E-state index in [1.165, 1.54) is 38.3 Å². The van der Waals surface area contributed by atoms with E-state index in [2.05, 4.69) is 9.98 Å². The van der Waals surface area contributed by atoms with Gasteiger partial charge in [-0.05, 0) is 67.7 Å². The van der Waals surface area contributed by atoms with Crippen molar-refractivity contribution in [2.45, 2.75) is 38.5 Å². The quantitative estimate of drug-likeness (QED) is 0.144. The Labute approximate surface area is 209 Å². The minimum Gasteiger partial charge on any atom is -0.366 e. The summed E-state index contributed by atoms with van der Waals surface area (Å²) < 4.78 is 93.1. The predicted molar refractivity (Wildman–Crippen MR) is 129 cm³/mol. The molecule has 0 saturated carbocycles. The smallest absolute Gasteiger partial charge is 0.366 e. The minimum atomic E-state index is -5.02. The third-order valence-electron chi connectivity index (χ3n) is 5.05. The van der Waals surface area contributed by atoms with E-state index in [9.17, 15) is 35.5 Å². The highest BCUT2D eigenvalue weighted by molar-refractivity contribution is 6.05. The summed E-state index contributed by atoms with van der Waals surface area (Å²) in [5, 5.41) is 0. The van der Waals surface area contributed by atoms with Crippen LogP contribution in [0.4, 0.5) is 30.7 Å². The van der Waals surface area contributed by atoms with E-state index >= 15 is 0 Å². The van der Waals surface area contributed by atoms with Crippen molar-refractivity contribution in [3.05, 3.63) is 93.9 Å². The number of hydrogen-bond donors (Lipinski definition) is 1. The molecule has 0 bridgehead atoms. The molecule has 0 radical (unpaired) electrons. The molecule has 2 N–H and O–H groups in total. The Morgan fingerprint density at radius 3 is 2.19 bits per heavy atom. The van der Waals surface area contributed by atoms with Gasteiger partial charge in [0.05, 0.1) is 11.1 Å². The lowest BCUT2D eigenvalue weighted by Gasteiger charge is -2.14. The number of carbonyl (C=O) groups is 1. The first kappa shape index (κ1) is 29.5. The lowest BCUT2D eigenvalue weighted by atomic mass is 10.0. The Kier molecular flexibility index (Phi) is 9.93. The maximum atomic E-state index is 14.1. The Morgan fingerprint density at radius 1 is 1.03 bits per heavy atom. The predicted octanol–water partition coefficient (Wildman–Crippen LogP) is 7.05. The number of benzene rings is 1. The van der Waals surface area contributed by atoms with E-state index in [0.29, 0.717) is 30.5 Å². The first-order valence-electron chi connectivity index (χ1n) is 10.9. The molecule has 4 nitrogen and oxygen atoms in total. The van der Waals surface area contributed by atoms with E-state index in [4.69, 9.17) is 5.73 Å². The van der Waals surface area contributed by atoms with Crippen LogP contribution in [0.3, 0.4) is 0 Å². The van der Waals surface area contributed by atoms with Gasteiger partial charge < -0.3 is 5.73 Å². The lowest BCUT2D eigenvalue weighted by molar-refractivity contribution is -0.143. The first-order valence-corrected chi connectivity index (χ1v) is 10.9. The van der Waals surface area contributed by atoms with E-state index in [0.717, 1.165) is 6.21 Å². The number of alkyl halides is 6. The van der Waals surface area contributed by atoms with Gasteiger partial charge in [-0.2, -0.15) is 26.3 Å². The topological polar surface area (TPSA) is 67.8 Å². The van der Waals surface area contributed by atoms with Crippen molar-refractivity contribution in [3.63, 3.8) is 0 Å². The molecule has 0 atom stereocenters. The molecule has 0 saturated heterocycles. The molecule has 1 aliphatic rings. The fraction of sp³-hybridized carbons (Fsp3) is 0.269. The molecule has 2 rings (SSSR count). The molecular formula is C26H24F7N3O. The molecule has 0 fully saturated rings. The number of amides is 1. The van der Waals surface area contributed by atoms with Crippen molar-refractivity contribution in [1.29, 1.82) is 0 Å². The van der Waals surface area contributed by atoms with Crippen LogP contribution in [0.25, 0.3) is 0 Å². The number of carbonyl (C=O) groups excluding carboxylic acids is 1. The van der Waals surface area contributed by atoms with Crippen molar-refractivity contribution in [2.75, 3.05) is 7.05 Å². The molecule has 1 aromatic carbocycles. The standard InChI is InChI=1S/C26H24F7N3O/c1-16(9-10-22(23(34)37)17-7-5-3-4-6-8-21(27)13-17)15-36-24(35-2)18-11-19(25(28,29)30)14-20(12-18)26(31,32)33/h3,5,7,9-15H,4,6,8H2,1-2H3,(H2,34,37)/b5-3-,16-9-,17-7+,21-13?,22-10+,35-24?,36-15?. The molecule has 198 valence electrons. The highest BCUT2D eigenvalue weighted by Gasteiger charge is 2.37. The number of allylic oxidation sites excluding steroid dienone is 8. The summed E-state index contributed by atoms with van der Waals surface area (Å²) in [5.74, 6) is -1.63. The van der Waals surface area contributed by atoms with Gasteiger partial charge in [-0.3, -0.25) is 9.79 Å². The Hall–Kier alpha value is -3.76. The molecule has 0 heterocycles. The zero-order valence-electron chi connectivity index (χ0n) is 19.9. The van der Waals surface area contributed by atoms with Crippen molar-refractivity contribution in [1.82, 2.24) is 0 Å². The second-order valence-electron chi connectivity index (χ2n) is 7.99. The van der Waals surface area contributed by atoms with E-state index < -0.39 is 40.8 Å². The van der Waals surface area contributed by atoms with Gasteiger partial charge >= 0.3 is 12.4 Å². The maximum Gasteiger partial charge on any atom is 0.416 e. The molecule has 0 unspecified atom stereocenters. The van der Waals surface area contributed by atoms with E-state index in [-0.39, 0.29) is 29.5 Å². The summed E-state index contributed by atoms with van der Waals surface area (Å²) >= 11 is 0. The van der Waals surface area contributed by atoms with Crippen molar-refractivity contribution in [3.8, 4) is 0 Å². The van der Waals surface area contributed by atoms with Crippen molar-refractivity contribution in [2.24, 2.45) is 15.7 Å². The number of aliphatic imine (C=N–C) groups is 2. The van der Waals surface area contributed by atoms with Crippen LogP contribution in [0, 0.1) is 0 Å². The third kappa shape index (κ3) is 9.00. The van der Waals surface area contributed by atoms with Crippen LogP contribution in [0.15, 0.2) is 87.2 Å². The molecule has 0 spiro atoms. The fourth-order valence-electron chi connectivity index (χ4n) is 3.20. The molecule has 0 aromatic heterocycles. The molecular weight excluding hydrogens is 503 g/mol. The number of rotatable bonds is 5. The van der Waals surface area contributed by atoms with Crippen LogP contribution in [-0.4, -0.2) is 25.0 Å².